The summed E-state index contributed by atoms with van der Waals surface area (Å²) in [4.78, 5) is 12.0. The Balaban J connectivity index is 2.19. The van der Waals surface area contributed by atoms with Gasteiger partial charge in [0.2, 0.25) is 0 Å². The molecule has 0 spiro atoms. The van der Waals surface area contributed by atoms with Gasteiger partial charge in [0.1, 0.15) is 17.4 Å². The maximum Gasteiger partial charge on any atom is 0.266 e. The number of anilines is 1. The van der Waals surface area contributed by atoms with Gasteiger partial charge in [-0.25, -0.2) is 0 Å². The highest BCUT2D eigenvalue weighted by Crippen LogP contribution is 2.25. The van der Waals surface area contributed by atoms with Crippen LogP contribution >= 0.6 is 45.8 Å². The molecule has 0 bridgehead atoms. The quantitative estimate of drug-likeness (QED) is 0.433. The van der Waals surface area contributed by atoms with Crippen LogP contribution in [0.4, 0.5) is 5.69 Å². The lowest BCUT2D eigenvalue weighted by Crippen LogP contribution is -2.13. The molecule has 4 nitrogen and oxygen atoms in total. The zero-order valence-corrected chi connectivity index (χ0v) is 14.0. The number of hydrogen-bond donors (Lipinski definition) is 1. The van der Waals surface area contributed by atoms with Gasteiger partial charge in [0.05, 0.1) is 10.0 Å². The van der Waals surface area contributed by atoms with Crippen molar-refractivity contribution in [2.45, 2.75) is 0 Å². The molecule has 2 rings (SSSR count). The summed E-state index contributed by atoms with van der Waals surface area (Å²) in [5, 5.41) is 12.3. The SMILES string of the molecule is N#C/C(=C\c1ccc(I)o1)C(=O)Nc1ccc(Cl)c(Cl)c1. The van der Waals surface area contributed by atoms with E-state index in [1.807, 2.05) is 28.7 Å². The van der Waals surface area contributed by atoms with Crippen molar-refractivity contribution < 1.29 is 9.21 Å². The first-order valence-electron chi connectivity index (χ1n) is 5.63. The molecule has 0 saturated carbocycles. The second-order valence-electron chi connectivity index (χ2n) is 3.89. The van der Waals surface area contributed by atoms with Crippen LogP contribution in [0.2, 0.25) is 10.0 Å². The predicted molar refractivity (Wildman–Crippen MR) is 90.1 cm³/mol. The van der Waals surface area contributed by atoms with Crippen LogP contribution in [0.5, 0.6) is 0 Å². The molecular formula is C14H7Cl2IN2O2. The number of hydrogen-bond acceptors (Lipinski definition) is 3. The summed E-state index contributed by atoms with van der Waals surface area (Å²) >= 11 is 13.7. The van der Waals surface area contributed by atoms with Gasteiger partial charge in [0.25, 0.3) is 5.91 Å². The number of nitrogens with one attached hydrogen (secondary N) is 1. The Bertz CT molecular complexity index is 763. The Kier molecular flexibility index (Phi) is 5.28. The molecule has 0 saturated heterocycles. The molecule has 0 fully saturated rings. The summed E-state index contributed by atoms with van der Waals surface area (Å²) in [6.07, 6.45) is 1.37. The molecule has 0 atom stereocenters. The largest absolute Gasteiger partial charge is 0.451 e. The van der Waals surface area contributed by atoms with E-state index in [9.17, 15) is 4.79 Å². The number of nitrogens with zero attached hydrogens (tertiary/aromatic N) is 1. The fourth-order valence-electron chi connectivity index (χ4n) is 1.47. The van der Waals surface area contributed by atoms with Crippen molar-refractivity contribution >= 4 is 63.5 Å². The highest BCUT2D eigenvalue weighted by atomic mass is 127. The molecule has 1 N–H and O–H groups in total. The van der Waals surface area contributed by atoms with Crippen LogP contribution in [0.15, 0.2) is 40.3 Å². The van der Waals surface area contributed by atoms with Gasteiger partial charge in [-0.3, -0.25) is 4.79 Å². The smallest absolute Gasteiger partial charge is 0.266 e. The van der Waals surface area contributed by atoms with Crippen LogP contribution in [-0.2, 0) is 4.79 Å². The number of carbonyl (C=O) groups is 1. The topological polar surface area (TPSA) is 66.0 Å². The number of furan rings is 1. The molecule has 0 radical (unpaired) electrons. The molecule has 0 unspecified atom stereocenters. The molecule has 1 amide bonds. The standard InChI is InChI=1S/C14H7Cl2IN2O2/c15-11-3-1-9(6-12(11)16)19-14(20)8(7-18)5-10-2-4-13(17)21-10/h1-6H,(H,19,20)/b8-5+. The molecule has 2 aromatic rings. The molecular weight excluding hydrogens is 426 g/mol. The predicted octanol–water partition coefficient (Wildman–Crippen LogP) is 4.74. The summed E-state index contributed by atoms with van der Waals surface area (Å²) in [6, 6.07) is 9.90. The van der Waals surface area contributed by atoms with Crippen LogP contribution < -0.4 is 5.32 Å². The van der Waals surface area contributed by atoms with E-state index in [1.165, 1.54) is 12.1 Å². The maximum atomic E-state index is 12.0. The highest BCUT2D eigenvalue weighted by molar-refractivity contribution is 14.1. The Morgan fingerprint density at radius 3 is 2.62 bits per heavy atom. The summed E-state index contributed by atoms with van der Waals surface area (Å²) in [5.74, 6) is -0.123. The van der Waals surface area contributed by atoms with E-state index in [1.54, 1.807) is 24.3 Å². The molecule has 106 valence electrons. The summed E-state index contributed by atoms with van der Waals surface area (Å²) in [5.41, 5.74) is 0.372. The number of benzene rings is 1. The van der Waals surface area contributed by atoms with Crippen LogP contribution in [0.1, 0.15) is 5.76 Å². The normalized spacial score (nSPS) is 11.0. The number of amides is 1. The highest BCUT2D eigenvalue weighted by Gasteiger charge is 2.11. The number of nitriles is 1. The van der Waals surface area contributed by atoms with Crippen LogP contribution in [0, 0.1) is 15.1 Å². The van der Waals surface area contributed by atoms with E-state index < -0.39 is 5.91 Å². The summed E-state index contributed by atoms with van der Waals surface area (Å²) in [6.45, 7) is 0. The van der Waals surface area contributed by atoms with Crippen LogP contribution in [0.25, 0.3) is 6.08 Å². The lowest BCUT2D eigenvalue weighted by atomic mass is 10.2. The van der Waals surface area contributed by atoms with Crippen molar-refractivity contribution in [1.29, 1.82) is 5.26 Å². The number of halogens is 3. The minimum atomic E-state index is -0.553. The van der Waals surface area contributed by atoms with E-state index in [0.29, 0.717) is 25.3 Å². The zero-order valence-electron chi connectivity index (χ0n) is 10.4. The van der Waals surface area contributed by atoms with Crippen molar-refractivity contribution in [3.8, 4) is 6.07 Å². The Morgan fingerprint density at radius 1 is 1.29 bits per heavy atom. The van der Waals surface area contributed by atoms with Gasteiger partial charge in [-0.1, -0.05) is 23.2 Å². The molecule has 21 heavy (non-hydrogen) atoms. The average molecular weight is 433 g/mol. The zero-order chi connectivity index (χ0) is 15.4. The Labute approximate surface area is 144 Å². The summed E-state index contributed by atoms with van der Waals surface area (Å²) in [7, 11) is 0. The lowest BCUT2D eigenvalue weighted by Gasteiger charge is -2.05. The van der Waals surface area contributed by atoms with Gasteiger partial charge in [-0.15, -0.1) is 0 Å². The maximum absolute atomic E-state index is 12.0. The van der Waals surface area contributed by atoms with Crippen molar-refractivity contribution in [3.05, 3.63) is 55.5 Å². The molecule has 1 heterocycles. The van der Waals surface area contributed by atoms with Crippen LogP contribution in [-0.4, -0.2) is 5.91 Å². The summed E-state index contributed by atoms with van der Waals surface area (Å²) < 4.78 is 5.96. The van der Waals surface area contributed by atoms with Gasteiger partial charge in [0, 0.05) is 11.8 Å². The van der Waals surface area contributed by atoms with Gasteiger partial charge < -0.3 is 9.73 Å². The minimum Gasteiger partial charge on any atom is -0.451 e. The van der Waals surface area contributed by atoms with Gasteiger partial charge in [0.15, 0.2) is 3.77 Å². The van der Waals surface area contributed by atoms with E-state index in [4.69, 9.17) is 32.9 Å². The molecule has 1 aromatic carbocycles. The third-order valence-corrected chi connectivity index (χ3v) is 3.74. The van der Waals surface area contributed by atoms with Crippen molar-refractivity contribution in [2.75, 3.05) is 5.32 Å². The molecule has 1 aromatic heterocycles. The first kappa shape index (κ1) is 15.9. The minimum absolute atomic E-state index is 0.0770. The fourth-order valence-corrected chi connectivity index (χ4v) is 2.20. The van der Waals surface area contributed by atoms with E-state index in [2.05, 4.69) is 5.32 Å². The molecule has 0 aliphatic rings. The van der Waals surface area contributed by atoms with Gasteiger partial charge in [-0.05, 0) is 52.9 Å². The van der Waals surface area contributed by atoms with E-state index in [0.717, 1.165) is 0 Å². The third-order valence-electron chi connectivity index (χ3n) is 2.42. The Hall–Kier alpha value is -1.49. The molecule has 7 heteroatoms. The monoisotopic (exact) mass is 432 g/mol. The number of rotatable bonds is 3. The van der Waals surface area contributed by atoms with Crippen LogP contribution in [0.3, 0.4) is 0 Å². The first-order chi connectivity index (χ1) is 9.99. The Morgan fingerprint density at radius 2 is 2.05 bits per heavy atom. The van der Waals surface area contributed by atoms with Crippen molar-refractivity contribution in [1.82, 2.24) is 0 Å². The van der Waals surface area contributed by atoms with Crippen molar-refractivity contribution in [3.63, 3.8) is 0 Å². The second-order valence-corrected chi connectivity index (χ2v) is 5.77. The average Bonchev–Trinajstić information content (AvgIpc) is 2.85. The molecule has 0 aliphatic carbocycles. The van der Waals surface area contributed by atoms with Gasteiger partial charge >= 0.3 is 0 Å². The van der Waals surface area contributed by atoms with E-state index in [-0.39, 0.29) is 5.57 Å². The first-order valence-corrected chi connectivity index (χ1v) is 7.46. The number of carbonyl (C=O) groups excluding carboxylic acids is 1. The third kappa shape index (κ3) is 4.24. The lowest BCUT2D eigenvalue weighted by molar-refractivity contribution is -0.112. The van der Waals surface area contributed by atoms with Crippen molar-refractivity contribution in [2.24, 2.45) is 0 Å². The fraction of sp³-hybridized carbons (Fsp3) is 0. The second kappa shape index (κ2) is 6.98. The molecule has 0 aliphatic heterocycles. The van der Waals surface area contributed by atoms with Gasteiger partial charge in [-0.2, -0.15) is 5.26 Å². The van der Waals surface area contributed by atoms with E-state index >= 15 is 0 Å².